The van der Waals surface area contributed by atoms with Gasteiger partial charge in [0.1, 0.15) is 12.3 Å². The number of benzene rings is 2. The van der Waals surface area contributed by atoms with Crippen molar-refractivity contribution in [1.82, 2.24) is 0 Å². The largest absolute Gasteiger partial charge is 0.872 e. The minimum Gasteiger partial charge on any atom is -0.872 e. The summed E-state index contributed by atoms with van der Waals surface area (Å²) in [5.41, 5.74) is 1.80. The molecule has 0 saturated carbocycles. The molecule has 0 atom stereocenters. The maximum Gasteiger partial charge on any atom is 0.231 e. The number of rotatable bonds is 11. The molecule has 1 aliphatic rings. The zero-order chi connectivity index (χ0) is 23.1. The lowest BCUT2D eigenvalue weighted by Crippen LogP contribution is -3.10. The summed E-state index contributed by atoms with van der Waals surface area (Å²) < 4.78 is 16.6. The first-order valence-corrected chi connectivity index (χ1v) is 11.3. The zero-order valence-corrected chi connectivity index (χ0v) is 19.5. The predicted octanol–water partition coefficient (Wildman–Crippen LogP) is 3.38. The number of nitrogens with one attached hydrogen (secondary N) is 1. The average molecular weight is 440 g/mol. The maximum absolute atomic E-state index is 13.0. The molecule has 1 N–H and O–H groups in total. The number of carbonyl (C=O) groups excluding carboxylic acids is 1. The molecule has 1 aliphatic heterocycles. The molecule has 0 radical (unpaired) electrons. The predicted molar refractivity (Wildman–Crippen MR) is 123 cm³/mol. The normalized spacial score (nSPS) is 14.0. The third-order valence-corrected chi connectivity index (χ3v) is 5.80. The molecule has 0 bridgehead atoms. The lowest BCUT2D eigenvalue weighted by atomic mass is 10.0. The minimum atomic E-state index is -0.209. The molecule has 172 valence electrons. The summed E-state index contributed by atoms with van der Waals surface area (Å²) >= 11 is 0. The zero-order valence-electron chi connectivity index (χ0n) is 19.5. The molecule has 32 heavy (non-hydrogen) atoms. The van der Waals surface area contributed by atoms with E-state index in [1.54, 1.807) is 38.5 Å². The second-order valence-electron chi connectivity index (χ2n) is 8.11. The first kappa shape index (κ1) is 23.7. The average Bonchev–Trinajstić information content (AvgIpc) is 3.12. The van der Waals surface area contributed by atoms with E-state index in [0.717, 1.165) is 44.3 Å². The van der Waals surface area contributed by atoms with E-state index in [0.29, 0.717) is 34.9 Å². The van der Waals surface area contributed by atoms with Gasteiger partial charge < -0.3 is 24.2 Å². The third kappa shape index (κ3) is 5.25. The number of quaternary nitrogens is 1. The van der Waals surface area contributed by atoms with Crippen molar-refractivity contribution in [3.05, 3.63) is 52.8 Å². The van der Waals surface area contributed by atoms with Gasteiger partial charge in [0.05, 0.1) is 32.9 Å². The second-order valence-corrected chi connectivity index (χ2v) is 8.11. The number of fused-ring (bicyclic) bond motifs is 1. The monoisotopic (exact) mass is 439 g/mol. The van der Waals surface area contributed by atoms with Crippen LogP contribution in [0.1, 0.15) is 61.0 Å². The number of unbranched alkanes of at least 4 members (excludes halogenated alkanes) is 2. The molecule has 6 nitrogen and oxygen atoms in total. The van der Waals surface area contributed by atoms with Gasteiger partial charge in [-0.05, 0) is 42.7 Å². The number of ketones is 1. The van der Waals surface area contributed by atoms with Crippen LogP contribution in [0.4, 0.5) is 0 Å². The Bertz CT molecular complexity index is 974. The van der Waals surface area contributed by atoms with Crippen LogP contribution in [0.5, 0.6) is 23.0 Å². The van der Waals surface area contributed by atoms with Gasteiger partial charge in [-0.1, -0.05) is 44.6 Å². The van der Waals surface area contributed by atoms with Crippen molar-refractivity contribution < 1.29 is 29.0 Å². The first-order valence-electron chi connectivity index (χ1n) is 11.3. The Morgan fingerprint density at radius 3 is 2.31 bits per heavy atom. The molecule has 2 aromatic carbocycles. The topological polar surface area (TPSA) is 72.3 Å². The van der Waals surface area contributed by atoms with Crippen molar-refractivity contribution in [1.29, 1.82) is 0 Å². The summed E-state index contributed by atoms with van der Waals surface area (Å²) in [5, 5.41) is 12.7. The summed E-state index contributed by atoms with van der Waals surface area (Å²) in [6, 6.07) is 8.46. The van der Waals surface area contributed by atoms with Crippen LogP contribution in [0.3, 0.4) is 0 Å². The fourth-order valence-electron chi connectivity index (χ4n) is 3.96. The fraction of sp³-hybridized carbons (Fsp3) is 0.423. The molecule has 0 saturated heterocycles. The SMILES string of the molecule is CCCC[NH+](CCCC)Cc1c([O-])ccc2c1O/C(=C\c1ccc(OC)c(OC)c1)C2=O. The Balaban J connectivity index is 1.90. The van der Waals surface area contributed by atoms with Crippen molar-refractivity contribution in [2.24, 2.45) is 0 Å². The van der Waals surface area contributed by atoms with Gasteiger partial charge in [-0.2, -0.15) is 0 Å². The van der Waals surface area contributed by atoms with Crippen LogP contribution < -0.4 is 24.2 Å². The minimum absolute atomic E-state index is 0.0746. The molecule has 0 aromatic heterocycles. The van der Waals surface area contributed by atoms with Gasteiger partial charge in [0, 0.05) is 5.56 Å². The summed E-state index contributed by atoms with van der Waals surface area (Å²) in [6.07, 6.45) is 6.11. The van der Waals surface area contributed by atoms with Crippen LogP contribution in [-0.4, -0.2) is 33.1 Å². The first-order chi connectivity index (χ1) is 15.5. The van der Waals surface area contributed by atoms with Gasteiger partial charge in [0.25, 0.3) is 0 Å². The van der Waals surface area contributed by atoms with E-state index >= 15 is 0 Å². The van der Waals surface area contributed by atoms with Gasteiger partial charge >= 0.3 is 0 Å². The third-order valence-electron chi connectivity index (χ3n) is 5.80. The summed E-state index contributed by atoms with van der Waals surface area (Å²) in [7, 11) is 3.14. The Morgan fingerprint density at radius 1 is 1.00 bits per heavy atom. The van der Waals surface area contributed by atoms with E-state index in [2.05, 4.69) is 13.8 Å². The molecular formula is C26H33NO5. The lowest BCUT2D eigenvalue weighted by molar-refractivity contribution is -0.914. The van der Waals surface area contributed by atoms with Crippen molar-refractivity contribution in [3.8, 4) is 23.0 Å². The molecule has 2 aromatic rings. The Morgan fingerprint density at radius 2 is 1.69 bits per heavy atom. The Hall–Kier alpha value is -2.99. The van der Waals surface area contributed by atoms with Crippen molar-refractivity contribution in [3.63, 3.8) is 0 Å². The fourth-order valence-corrected chi connectivity index (χ4v) is 3.96. The number of carbonyl (C=O) groups is 1. The highest BCUT2D eigenvalue weighted by Crippen LogP contribution is 2.38. The standard InChI is InChI=1S/C26H33NO5/c1-5-7-13-27(14-8-6-2)17-20-21(28)11-10-19-25(29)24(32-26(19)20)16-18-9-12-22(30-3)23(15-18)31-4/h9-12,15-16,28H,5-8,13-14,17H2,1-4H3/b24-16-. The number of hydrogen-bond acceptors (Lipinski definition) is 5. The number of methoxy groups -OCH3 is 2. The van der Waals surface area contributed by atoms with Crippen molar-refractivity contribution >= 4 is 11.9 Å². The van der Waals surface area contributed by atoms with E-state index in [1.807, 2.05) is 6.07 Å². The van der Waals surface area contributed by atoms with Crippen LogP contribution in [0.15, 0.2) is 36.1 Å². The molecule has 6 heteroatoms. The van der Waals surface area contributed by atoms with E-state index < -0.39 is 0 Å². The van der Waals surface area contributed by atoms with Crippen molar-refractivity contribution in [2.75, 3.05) is 27.3 Å². The van der Waals surface area contributed by atoms with Gasteiger partial charge in [-0.15, -0.1) is 0 Å². The molecule has 1 heterocycles. The number of allylic oxidation sites excluding steroid dienone is 1. The van der Waals surface area contributed by atoms with Gasteiger partial charge in [0.2, 0.25) is 5.78 Å². The van der Waals surface area contributed by atoms with E-state index in [4.69, 9.17) is 14.2 Å². The highest BCUT2D eigenvalue weighted by Gasteiger charge is 2.31. The molecular weight excluding hydrogens is 406 g/mol. The van der Waals surface area contributed by atoms with E-state index in [1.165, 1.54) is 11.0 Å². The van der Waals surface area contributed by atoms with Crippen LogP contribution in [-0.2, 0) is 6.54 Å². The summed E-state index contributed by atoms with van der Waals surface area (Å²) in [5.74, 6) is 1.52. The van der Waals surface area contributed by atoms with Gasteiger partial charge in [0.15, 0.2) is 17.3 Å². The highest BCUT2D eigenvalue weighted by molar-refractivity contribution is 6.15. The van der Waals surface area contributed by atoms with Crippen LogP contribution in [0, 0.1) is 0 Å². The number of hydrogen-bond donors (Lipinski definition) is 1. The molecule has 0 spiro atoms. The highest BCUT2D eigenvalue weighted by atomic mass is 16.5. The number of Topliss-reactive ketones (excluding diaryl/α,β-unsaturated/α-hetero) is 1. The Kier molecular flexibility index (Phi) is 8.17. The number of ether oxygens (including phenoxy) is 3. The van der Waals surface area contributed by atoms with Crippen LogP contribution in [0.25, 0.3) is 6.08 Å². The smallest absolute Gasteiger partial charge is 0.231 e. The molecule has 0 amide bonds. The quantitative estimate of drug-likeness (QED) is 0.544. The summed E-state index contributed by atoms with van der Waals surface area (Å²) in [6.45, 7) is 6.91. The Labute approximate surface area is 190 Å². The van der Waals surface area contributed by atoms with E-state index in [-0.39, 0.29) is 17.3 Å². The van der Waals surface area contributed by atoms with Crippen LogP contribution in [0.2, 0.25) is 0 Å². The molecule has 3 rings (SSSR count). The van der Waals surface area contributed by atoms with Gasteiger partial charge in [-0.25, -0.2) is 0 Å². The van der Waals surface area contributed by atoms with Crippen molar-refractivity contribution in [2.45, 2.75) is 46.1 Å². The summed E-state index contributed by atoms with van der Waals surface area (Å²) in [4.78, 5) is 14.4. The molecule has 0 fully saturated rings. The second kappa shape index (κ2) is 11.0. The van der Waals surface area contributed by atoms with E-state index in [9.17, 15) is 9.90 Å². The van der Waals surface area contributed by atoms with Gasteiger partial charge in [-0.3, -0.25) is 4.79 Å². The molecule has 0 unspecified atom stereocenters. The maximum atomic E-state index is 13.0. The lowest BCUT2D eigenvalue weighted by Gasteiger charge is -2.23. The molecule has 0 aliphatic carbocycles. The van der Waals surface area contributed by atoms with Crippen LogP contribution >= 0.6 is 0 Å².